The summed E-state index contributed by atoms with van der Waals surface area (Å²) in [6, 6.07) is 4.12. The van der Waals surface area contributed by atoms with E-state index in [1.54, 1.807) is 0 Å². The Balaban J connectivity index is 1.20. The fraction of sp³-hybridized carbons (Fsp3) is 0.783. The molecule has 1 N–H and O–H groups in total. The molecule has 0 aromatic carbocycles. The molecule has 1 amide bonds. The normalized spacial score (nSPS) is 21.5. The Kier molecular flexibility index (Phi) is 7.97. The number of aromatic nitrogens is 2. The van der Waals surface area contributed by atoms with Crippen LogP contribution in [0.3, 0.4) is 0 Å². The Bertz CT molecular complexity index is 678. The number of β-amino-alcohol motifs (C(OH)–C–C–N with tert-alkyl or cyclic N) is 1. The van der Waals surface area contributed by atoms with Gasteiger partial charge in [-0.05, 0) is 24.5 Å². The number of amides is 1. The lowest BCUT2D eigenvalue weighted by atomic mass is 9.86. The number of hydrogen-bond donors (Lipinski definition) is 1. The average molecular weight is 431 g/mol. The Morgan fingerprint density at radius 1 is 0.871 bits per heavy atom. The summed E-state index contributed by atoms with van der Waals surface area (Å²) in [6.45, 7) is 7.87. The zero-order valence-electron chi connectivity index (χ0n) is 18.8. The molecule has 0 unspecified atom stereocenters. The van der Waals surface area contributed by atoms with Crippen LogP contribution in [-0.2, 0) is 4.79 Å². The van der Waals surface area contributed by atoms with E-state index >= 15 is 0 Å². The number of rotatable bonds is 7. The molecule has 2 aliphatic heterocycles. The summed E-state index contributed by atoms with van der Waals surface area (Å²) in [6.07, 6.45) is 8.47. The molecule has 3 heterocycles. The van der Waals surface area contributed by atoms with E-state index in [0.717, 1.165) is 82.9 Å². The average Bonchev–Trinajstić information content (AvgIpc) is 2.84. The van der Waals surface area contributed by atoms with Gasteiger partial charge in [0.2, 0.25) is 5.91 Å². The molecule has 4 rings (SSSR count). The van der Waals surface area contributed by atoms with Crippen LogP contribution < -0.4 is 9.80 Å². The van der Waals surface area contributed by atoms with Crippen LogP contribution in [0.1, 0.15) is 44.9 Å². The van der Waals surface area contributed by atoms with Crippen LogP contribution in [0.4, 0.5) is 11.6 Å². The molecule has 0 spiro atoms. The van der Waals surface area contributed by atoms with E-state index in [2.05, 4.69) is 37.0 Å². The van der Waals surface area contributed by atoms with Crippen molar-refractivity contribution < 1.29 is 9.90 Å². The van der Waals surface area contributed by atoms with Gasteiger partial charge < -0.3 is 19.8 Å². The number of anilines is 2. The van der Waals surface area contributed by atoms with Crippen LogP contribution in [0.15, 0.2) is 12.1 Å². The molecular formula is C23H38N6O2. The Morgan fingerprint density at radius 3 is 2.00 bits per heavy atom. The van der Waals surface area contributed by atoms with E-state index in [-0.39, 0.29) is 6.61 Å². The molecule has 1 aromatic heterocycles. The number of aliphatic hydroxyl groups excluding tert-OH is 1. The molecule has 1 aromatic rings. The minimum absolute atomic E-state index is 0.216. The summed E-state index contributed by atoms with van der Waals surface area (Å²) in [5.41, 5.74) is 0. The molecule has 172 valence electrons. The van der Waals surface area contributed by atoms with Gasteiger partial charge in [0.05, 0.1) is 6.61 Å². The predicted octanol–water partition coefficient (Wildman–Crippen LogP) is 1.60. The van der Waals surface area contributed by atoms with Gasteiger partial charge in [-0.15, -0.1) is 10.2 Å². The summed E-state index contributed by atoms with van der Waals surface area (Å²) >= 11 is 0. The lowest BCUT2D eigenvalue weighted by Gasteiger charge is -2.36. The molecule has 0 bridgehead atoms. The fourth-order valence-corrected chi connectivity index (χ4v) is 5.14. The number of carbonyl (C=O) groups excluding carboxylic acids is 1. The first-order chi connectivity index (χ1) is 15.2. The first-order valence-electron chi connectivity index (χ1n) is 12.2. The summed E-state index contributed by atoms with van der Waals surface area (Å²) < 4.78 is 0. The van der Waals surface area contributed by atoms with Gasteiger partial charge in [0, 0.05) is 65.3 Å². The van der Waals surface area contributed by atoms with E-state index in [4.69, 9.17) is 5.11 Å². The van der Waals surface area contributed by atoms with Crippen LogP contribution >= 0.6 is 0 Å². The quantitative estimate of drug-likeness (QED) is 0.704. The van der Waals surface area contributed by atoms with Crippen molar-refractivity contribution in [3.63, 3.8) is 0 Å². The number of piperazine rings is 2. The van der Waals surface area contributed by atoms with Gasteiger partial charge >= 0.3 is 0 Å². The Labute approximate surface area is 186 Å². The highest BCUT2D eigenvalue weighted by atomic mass is 16.3. The largest absolute Gasteiger partial charge is 0.395 e. The van der Waals surface area contributed by atoms with E-state index in [0.29, 0.717) is 12.3 Å². The molecular weight excluding hydrogens is 392 g/mol. The van der Waals surface area contributed by atoms with Crippen LogP contribution in [0, 0.1) is 5.92 Å². The Morgan fingerprint density at radius 2 is 1.45 bits per heavy atom. The first kappa shape index (κ1) is 22.3. The molecule has 8 nitrogen and oxygen atoms in total. The van der Waals surface area contributed by atoms with Gasteiger partial charge in [0.1, 0.15) is 0 Å². The van der Waals surface area contributed by atoms with Crippen molar-refractivity contribution in [2.45, 2.75) is 44.9 Å². The number of aliphatic hydroxyl groups is 1. The van der Waals surface area contributed by atoms with Crippen molar-refractivity contribution in [3.05, 3.63) is 12.1 Å². The van der Waals surface area contributed by atoms with Crippen molar-refractivity contribution in [2.24, 2.45) is 5.92 Å². The second-order valence-electron chi connectivity index (χ2n) is 9.21. The zero-order valence-corrected chi connectivity index (χ0v) is 18.8. The minimum Gasteiger partial charge on any atom is -0.395 e. The van der Waals surface area contributed by atoms with Gasteiger partial charge in [-0.25, -0.2) is 0 Å². The number of carbonyl (C=O) groups is 1. The molecule has 0 atom stereocenters. The molecule has 8 heteroatoms. The molecule has 3 aliphatic rings. The van der Waals surface area contributed by atoms with Gasteiger partial charge in [-0.2, -0.15) is 0 Å². The standard InChI is InChI=1S/C23H38N6O2/c30-19-18-26-10-12-27(13-11-26)21-7-8-22(25-24-21)28-14-16-29(17-15-28)23(31)9-6-20-4-2-1-3-5-20/h7-8,20,30H,1-6,9-19H2. The molecule has 1 saturated carbocycles. The van der Waals surface area contributed by atoms with Crippen LogP contribution in [-0.4, -0.2) is 96.5 Å². The third kappa shape index (κ3) is 6.07. The highest BCUT2D eigenvalue weighted by Gasteiger charge is 2.24. The first-order valence-corrected chi connectivity index (χ1v) is 12.2. The Hall–Kier alpha value is -1.93. The topological polar surface area (TPSA) is 76.0 Å². The van der Waals surface area contributed by atoms with Crippen molar-refractivity contribution in [1.82, 2.24) is 20.0 Å². The summed E-state index contributed by atoms with van der Waals surface area (Å²) in [5.74, 6) is 2.92. The zero-order chi connectivity index (χ0) is 21.5. The van der Waals surface area contributed by atoms with Crippen LogP contribution in [0.5, 0.6) is 0 Å². The summed E-state index contributed by atoms with van der Waals surface area (Å²) in [7, 11) is 0. The lowest BCUT2D eigenvalue weighted by Crippen LogP contribution is -2.49. The van der Waals surface area contributed by atoms with Gasteiger partial charge in [0.15, 0.2) is 11.6 Å². The maximum Gasteiger partial charge on any atom is 0.222 e. The summed E-state index contributed by atoms with van der Waals surface area (Å²) in [5, 5.41) is 18.0. The number of hydrogen-bond acceptors (Lipinski definition) is 7. The van der Waals surface area contributed by atoms with E-state index < -0.39 is 0 Å². The maximum atomic E-state index is 12.6. The second-order valence-corrected chi connectivity index (χ2v) is 9.21. The minimum atomic E-state index is 0.216. The molecule has 3 fully saturated rings. The second kappa shape index (κ2) is 11.1. The van der Waals surface area contributed by atoms with Crippen molar-refractivity contribution in [1.29, 1.82) is 0 Å². The van der Waals surface area contributed by atoms with Gasteiger partial charge in [0.25, 0.3) is 0 Å². The third-order valence-corrected chi connectivity index (χ3v) is 7.20. The molecule has 31 heavy (non-hydrogen) atoms. The summed E-state index contributed by atoms with van der Waals surface area (Å²) in [4.78, 5) is 21.4. The third-order valence-electron chi connectivity index (χ3n) is 7.20. The molecule has 1 aliphatic carbocycles. The number of nitrogens with zero attached hydrogens (tertiary/aromatic N) is 6. The molecule has 2 saturated heterocycles. The van der Waals surface area contributed by atoms with Crippen molar-refractivity contribution in [2.75, 3.05) is 75.3 Å². The lowest BCUT2D eigenvalue weighted by molar-refractivity contribution is -0.131. The molecule has 0 radical (unpaired) electrons. The van der Waals surface area contributed by atoms with Crippen LogP contribution in [0.25, 0.3) is 0 Å². The van der Waals surface area contributed by atoms with E-state index in [1.165, 1.54) is 32.1 Å². The van der Waals surface area contributed by atoms with Gasteiger partial charge in [-0.1, -0.05) is 32.1 Å². The van der Waals surface area contributed by atoms with E-state index in [9.17, 15) is 4.79 Å². The fourth-order valence-electron chi connectivity index (χ4n) is 5.14. The van der Waals surface area contributed by atoms with Crippen molar-refractivity contribution in [3.8, 4) is 0 Å². The maximum absolute atomic E-state index is 12.6. The smallest absolute Gasteiger partial charge is 0.222 e. The predicted molar refractivity (Wildman–Crippen MR) is 122 cm³/mol. The van der Waals surface area contributed by atoms with Crippen LogP contribution in [0.2, 0.25) is 0 Å². The highest BCUT2D eigenvalue weighted by Crippen LogP contribution is 2.27. The van der Waals surface area contributed by atoms with Gasteiger partial charge in [-0.3, -0.25) is 9.69 Å². The van der Waals surface area contributed by atoms with E-state index in [1.807, 2.05) is 4.90 Å². The van der Waals surface area contributed by atoms with Crippen molar-refractivity contribution >= 4 is 17.5 Å². The monoisotopic (exact) mass is 430 g/mol. The highest BCUT2D eigenvalue weighted by molar-refractivity contribution is 5.76. The SMILES string of the molecule is O=C(CCC1CCCCC1)N1CCN(c2ccc(N3CCN(CCO)CC3)nn2)CC1.